The molecule has 0 saturated heterocycles. The number of hydrogen-bond donors (Lipinski definition) is 2. The topological polar surface area (TPSA) is 102 Å². The molecule has 0 heterocycles. The molecule has 0 unspecified atom stereocenters. The third-order valence-electron chi connectivity index (χ3n) is 3.37. The van der Waals surface area contributed by atoms with Gasteiger partial charge in [0.1, 0.15) is 0 Å². The van der Waals surface area contributed by atoms with Crippen molar-refractivity contribution in [2.45, 2.75) is 30.3 Å². The molecule has 2 rings (SSSR count). The fourth-order valence-corrected chi connectivity index (χ4v) is 2.97. The number of hydrogen-bond acceptors (Lipinski definition) is 5. The van der Waals surface area contributed by atoms with Crippen LogP contribution in [0.2, 0.25) is 0 Å². The Kier molecular flexibility index (Phi) is 4.61. The Balaban J connectivity index is 1.97. The fraction of sp³-hybridized carbons (Fsp3) is 0.462. The molecule has 1 saturated carbocycles. The molecule has 0 bridgehead atoms. The zero-order valence-electron chi connectivity index (χ0n) is 11.0. The average molecular weight is 298 g/mol. The van der Waals surface area contributed by atoms with Gasteiger partial charge in [0, 0.05) is 5.56 Å². The van der Waals surface area contributed by atoms with E-state index < -0.39 is 9.84 Å². The molecule has 0 atom stereocenters. The molecule has 0 aromatic heterocycles. The highest BCUT2D eigenvalue weighted by Crippen LogP contribution is 2.22. The molecule has 6 nitrogen and oxygen atoms in total. The highest BCUT2D eigenvalue weighted by atomic mass is 32.2. The minimum Gasteiger partial charge on any atom is -0.409 e. The van der Waals surface area contributed by atoms with E-state index >= 15 is 0 Å². The van der Waals surface area contributed by atoms with Crippen LogP contribution in [0.1, 0.15) is 24.8 Å². The second-order valence-electron chi connectivity index (χ2n) is 4.75. The summed E-state index contributed by atoms with van der Waals surface area (Å²) in [6.45, 7) is 0.217. The smallest absolute Gasteiger partial charge is 0.180 e. The van der Waals surface area contributed by atoms with Crippen LogP contribution in [0.15, 0.2) is 34.3 Å². The largest absolute Gasteiger partial charge is 0.409 e. The van der Waals surface area contributed by atoms with Gasteiger partial charge in [0.25, 0.3) is 0 Å². The van der Waals surface area contributed by atoms with E-state index in [1.165, 1.54) is 24.3 Å². The molecular weight excluding hydrogens is 280 g/mol. The van der Waals surface area contributed by atoms with E-state index in [1.807, 2.05) is 0 Å². The Bertz CT molecular complexity index is 577. The SMILES string of the molecule is N/C(=N/O)c1ccc(S(=O)(=O)CCOC2CCC2)cc1. The molecule has 0 amide bonds. The van der Waals surface area contributed by atoms with Crippen LogP contribution >= 0.6 is 0 Å². The third-order valence-corrected chi connectivity index (χ3v) is 5.07. The summed E-state index contributed by atoms with van der Waals surface area (Å²) in [6.07, 6.45) is 3.43. The van der Waals surface area contributed by atoms with E-state index in [0.717, 1.165) is 19.3 Å². The summed E-state index contributed by atoms with van der Waals surface area (Å²) in [7, 11) is -3.36. The molecule has 0 spiro atoms. The summed E-state index contributed by atoms with van der Waals surface area (Å²) >= 11 is 0. The normalized spacial score (nSPS) is 16.9. The first-order chi connectivity index (χ1) is 9.53. The average Bonchev–Trinajstić information content (AvgIpc) is 2.41. The van der Waals surface area contributed by atoms with Gasteiger partial charge in [-0.15, -0.1) is 0 Å². The van der Waals surface area contributed by atoms with E-state index in [0.29, 0.717) is 5.56 Å². The van der Waals surface area contributed by atoms with Gasteiger partial charge in [-0.2, -0.15) is 0 Å². The molecule has 3 N–H and O–H groups in total. The van der Waals surface area contributed by atoms with E-state index in [4.69, 9.17) is 15.7 Å². The predicted molar refractivity (Wildman–Crippen MR) is 74.6 cm³/mol. The first-order valence-electron chi connectivity index (χ1n) is 6.45. The van der Waals surface area contributed by atoms with Crippen molar-refractivity contribution in [2.75, 3.05) is 12.4 Å². The summed E-state index contributed by atoms with van der Waals surface area (Å²) in [5, 5.41) is 11.4. The lowest BCUT2D eigenvalue weighted by molar-refractivity contribution is 0.0110. The summed E-state index contributed by atoms with van der Waals surface area (Å²) < 4.78 is 29.6. The van der Waals surface area contributed by atoms with Crippen molar-refractivity contribution in [3.05, 3.63) is 29.8 Å². The Morgan fingerprint density at radius 3 is 2.50 bits per heavy atom. The molecule has 1 aromatic rings. The number of nitrogens with two attached hydrogens (primary N) is 1. The summed E-state index contributed by atoms with van der Waals surface area (Å²) in [5.74, 6) is -0.0888. The van der Waals surface area contributed by atoms with Crippen molar-refractivity contribution in [1.29, 1.82) is 0 Å². The van der Waals surface area contributed by atoms with Crippen molar-refractivity contribution >= 4 is 15.7 Å². The highest BCUT2D eigenvalue weighted by Gasteiger charge is 2.20. The molecule has 1 aliphatic rings. The lowest BCUT2D eigenvalue weighted by Gasteiger charge is -2.25. The van der Waals surface area contributed by atoms with Crippen LogP contribution in [0.3, 0.4) is 0 Å². The van der Waals surface area contributed by atoms with Crippen LogP contribution in [-0.4, -0.2) is 37.9 Å². The lowest BCUT2D eigenvalue weighted by atomic mass is 9.96. The van der Waals surface area contributed by atoms with Crippen LogP contribution < -0.4 is 5.73 Å². The van der Waals surface area contributed by atoms with Crippen molar-refractivity contribution in [3.8, 4) is 0 Å². The highest BCUT2D eigenvalue weighted by molar-refractivity contribution is 7.91. The van der Waals surface area contributed by atoms with Gasteiger partial charge in [-0.3, -0.25) is 0 Å². The Hall–Kier alpha value is -1.60. The van der Waals surface area contributed by atoms with Gasteiger partial charge in [0.05, 0.1) is 23.4 Å². The first kappa shape index (κ1) is 14.8. The maximum Gasteiger partial charge on any atom is 0.180 e. The van der Waals surface area contributed by atoms with Crippen molar-refractivity contribution in [2.24, 2.45) is 10.9 Å². The minimum atomic E-state index is -3.36. The molecule has 1 fully saturated rings. The zero-order chi connectivity index (χ0) is 14.6. The summed E-state index contributed by atoms with van der Waals surface area (Å²) in [5.41, 5.74) is 5.89. The standard InChI is InChI=1S/C13H18N2O4S/c14-13(15-16)10-4-6-12(7-5-10)20(17,18)9-8-19-11-2-1-3-11/h4-7,11,16H,1-3,8-9H2,(H2,14,15). The summed E-state index contributed by atoms with van der Waals surface area (Å²) in [6, 6.07) is 5.92. The van der Waals surface area contributed by atoms with E-state index in [-0.39, 0.29) is 29.2 Å². The molecule has 20 heavy (non-hydrogen) atoms. The fourth-order valence-electron chi connectivity index (χ4n) is 1.87. The zero-order valence-corrected chi connectivity index (χ0v) is 11.8. The van der Waals surface area contributed by atoms with Gasteiger partial charge in [-0.1, -0.05) is 5.16 Å². The molecule has 1 aliphatic carbocycles. The molecule has 7 heteroatoms. The van der Waals surface area contributed by atoms with Gasteiger partial charge < -0.3 is 15.7 Å². The van der Waals surface area contributed by atoms with Crippen molar-refractivity contribution < 1.29 is 18.4 Å². The van der Waals surface area contributed by atoms with Crippen LogP contribution in [0.25, 0.3) is 0 Å². The van der Waals surface area contributed by atoms with Gasteiger partial charge in [0.2, 0.25) is 0 Å². The molecule has 0 radical (unpaired) electrons. The van der Waals surface area contributed by atoms with Crippen molar-refractivity contribution in [3.63, 3.8) is 0 Å². The number of nitrogens with zero attached hydrogens (tertiary/aromatic N) is 1. The van der Waals surface area contributed by atoms with Gasteiger partial charge >= 0.3 is 0 Å². The number of amidine groups is 1. The van der Waals surface area contributed by atoms with E-state index in [1.54, 1.807) is 0 Å². The number of rotatable bonds is 6. The van der Waals surface area contributed by atoms with Gasteiger partial charge in [-0.05, 0) is 43.5 Å². The Morgan fingerprint density at radius 1 is 1.35 bits per heavy atom. The molecule has 0 aliphatic heterocycles. The third kappa shape index (κ3) is 3.49. The second kappa shape index (κ2) is 6.23. The maximum absolute atomic E-state index is 12.1. The van der Waals surface area contributed by atoms with Crippen LogP contribution in [0, 0.1) is 0 Å². The Labute approximate surface area is 118 Å². The second-order valence-corrected chi connectivity index (χ2v) is 6.86. The molecular formula is C13H18N2O4S. The molecule has 110 valence electrons. The van der Waals surface area contributed by atoms with Crippen molar-refractivity contribution in [1.82, 2.24) is 0 Å². The number of sulfone groups is 1. The predicted octanol–water partition coefficient (Wildman–Crippen LogP) is 1.12. The number of benzene rings is 1. The van der Waals surface area contributed by atoms with Crippen LogP contribution in [-0.2, 0) is 14.6 Å². The van der Waals surface area contributed by atoms with Crippen LogP contribution in [0.4, 0.5) is 0 Å². The summed E-state index contributed by atoms with van der Waals surface area (Å²) in [4.78, 5) is 0.212. The van der Waals surface area contributed by atoms with Crippen LogP contribution in [0.5, 0.6) is 0 Å². The van der Waals surface area contributed by atoms with E-state index in [2.05, 4.69) is 5.16 Å². The van der Waals surface area contributed by atoms with Gasteiger partial charge in [0.15, 0.2) is 15.7 Å². The van der Waals surface area contributed by atoms with E-state index in [9.17, 15) is 8.42 Å². The monoisotopic (exact) mass is 298 g/mol. The quantitative estimate of drug-likeness (QED) is 0.355. The minimum absolute atomic E-state index is 0.0353. The maximum atomic E-state index is 12.1. The number of oxime groups is 1. The molecule has 1 aromatic carbocycles. The number of ether oxygens (including phenoxy) is 1. The lowest BCUT2D eigenvalue weighted by Crippen LogP contribution is -2.24. The Morgan fingerprint density at radius 2 is 2.00 bits per heavy atom. The first-order valence-corrected chi connectivity index (χ1v) is 8.10. The van der Waals surface area contributed by atoms with Gasteiger partial charge in [-0.25, -0.2) is 8.42 Å².